The molecule has 0 aliphatic rings. The summed E-state index contributed by atoms with van der Waals surface area (Å²) in [5, 5.41) is 0. The Bertz CT molecular complexity index is 481. The monoisotopic (exact) mass is 259 g/mol. The first-order chi connectivity index (χ1) is 9.35. The van der Waals surface area contributed by atoms with Crippen LogP contribution in [-0.4, -0.2) is 28.8 Å². The number of ether oxygens (including phenoxy) is 1. The van der Waals surface area contributed by atoms with Crippen LogP contribution >= 0.6 is 0 Å². The minimum atomic E-state index is 0.121. The lowest BCUT2D eigenvalue weighted by Crippen LogP contribution is -2.25. The van der Waals surface area contributed by atoms with Gasteiger partial charge in [-0.1, -0.05) is 30.3 Å². The predicted octanol–water partition coefficient (Wildman–Crippen LogP) is 2.30. The number of aromatic nitrogens is 2. The Hall–Kier alpha value is -1.65. The molecule has 0 radical (unpaired) electrons. The number of rotatable bonds is 7. The van der Waals surface area contributed by atoms with Crippen molar-refractivity contribution >= 4 is 0 Å². The van der Waals surface area contributed by atoms with Crippen molar-refractivity contribution in [3.63, 3.8) is 0 Å². The average Bonchev–Trinajstić information content (AvgIpc) is 2.93. The largest absolute Gasteiger partial charge is 0.377 e. The van der Waals surface area contributed by atoms with Gasteiger partial charge in [-0.3, -0.25) is 0 Å². The van der Waals surface area contributed by atoms with Crippen LogP contribution in [0.1, 0.15) is 13.3 Å². The molecule has 4 nitrogen and oxygen atoms in total. The van der Waals surface area contributed by atoms with Gasteiger partial charge in [0.2, 0.25) is 0 Å². The SMILES string of the molecule is CCOC(CN)CCn1ccnc1-c1ccccc1. The number of nitrogens with two attached hydrogens (primary N) is 1. The Kier molecular flexibility index (Phi) is 5.12. The molecule has 1 unspecified atom stereocenters. The molecule has 0 saturated carbocycles. The van der Waals surface area contributed by atoms with Crippen LogP contribution in [0.2, 0.25) is 0 Å². The third-order valence-electron chi connectivity index (χ3n) is 3.10. The molecule has 4 heteroatoms. The minimum absolute atomic E-state index is 0.121. The molecule has 0 saturated heterocycles. The molecule has 1 aromatic carbocycles. The lowest BCUT2D eigenvalue weighted by atomic mass is 10.2. The van der Waals surface area contributed by atoms with Crippen molar-refractivity contribution in [2.75, 3.05) is 13.2 Å². The Morgan fingerprint density at radius 2 is 2.11 bits per heavy atom. The second kappa shape index (κ2) is 7.07. The third-order valence-corrected chi connectivity index (χ3v) is 3.10. The van der Waals surface area contributed by atoms with Crippen LogP contribution in [0.15, 0.2) is 42.7 Å². The smallest absolute Gasteiger partial charge is 0.139 e. The molecular weight excluding hydrogens is 238 g/mol. The highest BCUT2D eigenvalue weighted by atomic mass is 16.5. The van der Waals surface area contributed by atoms with Crippen LogP contribution in [0.5, 0.6) is 0 Å². The standard InChI is InChI=1S/C15H21N3O/c1-2-19-14(12-16)8-10-18-11-9-17-15(18)13-6-4-3-5-7-13/h3-7,9,11,14H,2,8,10,12,16H2,1H3. The zero-order valence-corrected chi connectivity index (χ0v) is 11.3. The lowest BCUT2D eigenvalue weighted by molar-refractivity contribution is 0.0600. The van der Waals surface area contributed by atoms with E-state index in [1.165, 1.54) is 0 Å². The molecule has 0 aliphatic heterocycles. The summed E-state index contributed by atoms with van der Waals surface area (Å²) >= 11 is 0. The van der Waals surface area contributed by atoms with E-state index < -0.39 is 0 Å². The van der Waals surface area contributed by atoms with E-state index in [1.54, 1.807) is 0 Å². The van der Waals surface area contributed by atoms with Crippen molar-refractivity contribution in [1.29, 1.82) is 0 Å². The average molecular weight is 259 g/mol. The van der Waals surface area contributed by atoms with Crippen molar-refractivity contribution < 1.29 is 4.74 Å². The van der Waals surface area contributed by atoms with Crippen LogP contribution in [0, 0.1) is 0 Å². The molecule has 0 spiro atoms. The van der Waals surface area contributed by atoms with E-state index in [9.17, 15) is 0 Å². The molecule has 2 N–H and O–H groups in total. The van der Waals surface area contributed by atoms with Gasteiger partial charge in [0.15, 0.2) is 0 Å². The highest BCUT2D eigenvalue weighted by Crippen LogP contribution is 2.17. The van der Waals surface area contributed by atoms with Crippen molar-refractivity contribution in [2.45, 2.75) is 26.0 Å². The van der Waals surface area contributed by atoms with Crippen molar-refractivity contribution in [3.05, 3.63) is 42.7 Å². The summed E-state index contributed by atoms with van der Waals surface area (Å²) in [5.74, 6) is 0.993. The first kappa shape index (κ1) is 13.8. The van der Waals surface area contributed by atoms with E-state index in [4.69, 9.17) is 10.5 Å². The summed E-state index contributed by atoms with van der Waals surface area (Å²) in [6, 6.07) is 10.2. The Balaban J connectivity index is 2.04. The van der Waals surface area contributed by atoms with E-state index in [0.717, 1.165) is 24.4 Å². The molecule has 0 fully saturated rings. The van der Waals surface area contributed by atoms with Crippen LogP contribution in [0.4, 0.5) is 0 Å². The fourth-order valence-electron chi connectivity index (χ4n) is 2.13. The quantitative estimate of drug-likeness (QED) is 0.830. The molecule has 1 heterocycles. The lowest BCUT2D eigenvalue weighted by Gasteiger charge is -2.16. The van der Waals surface area contributed by atoms with E-state index in [0.29, 0.717) is 13.2 Å². The summed E-state index contributed by atoms with van der Waals surface area (Å²) in [5.41, 5.74) is 6.83. The van der Waals surface area contributed by atoms with E-state index in [-0.39, 0.29) is 6.10 Å². The van der Waals surface area contributed by atoms with Crippen molar-refractivity contribution in [1.82, 2.24) is 9.55 Å². The van der Waals surface area contributed by atoms with Crippen LogP contribution in [0.3, 0.4) is 0 Å². The van der Waals surface area contributed by atoms with Gasteiger partial charge >= 0.3 is 0 Å². The molecule has 1 aromatic heterocycles. The van der Waals surface area contributed by atoms with Crippen molar-refractivity contribution in [2.24, 2.45) is 5.73 Å². The van der Waals surface area contributed by atoms with Crippen LogP contribution in [-0.2, 0) is 11.3 Å². The Labute approximate surface area is 114 Å². The molecule has 1 atom stereocenters. The highest BCUT2D eigenvalue weighted by molar-refractivity contribution is 5.54. The molecular formula is C15H21N3O. The van der Waals surface area contributed by atoms with Crippen molar-refractivity contribution in [3.8, 4) is 11.4 Å². The fourth-order valence-corrected chi connectivity index (χ4v) is 2.13. The first-order valence-electron chi connectivity index (χ1n) is 6.73. The highest BCUT2D eigenvalue weighted by Gasteiger charge is 2.09. The number of benzene rings is 1. The molecule has 0 amide bonds. The number of hydrogen-bond acceptors (Lipinski definition) is 3. The molecule has 2 aromatic rings. The molecule has 0 bridgehead atoms. The number of aryl methyl sites for hydroxylation is 1. The summed E-state index contributed by atoms with van der Waals surface area (Å²) in [4.78, 5) is 4.43. The van der Waals surface area contributed by atoms with Gasteiger partial charge in [0.25, 0.3) is 0 Å². The van der Waals surface area contributed by atoms with Crippen LogP contribution < -0.4 is 5.73 Å². The van der Waals surface area contributed by atoms with Gasteiger partial charge in [0.05, 0.1) is 6.10 Å². The van der Waals surface area contributed by atoms with E-state index in [1.807, 2.05) is 37.5 Å². The number of nitrogens with zero attached hydrogens (tertiary/aromatic N) is 2. The number of hydrogen-bond donors (Lipinski definition) is 1. The maximum Gasteiger partial charge on any atom is 0.139 e. The second-order valence-electron chi connectivity index (χ2n) is 4.41. The number of imidazole rings is 1. The molecule has 102 valence electrons. The van der Waals surface area contributed by atoms with Gasteiger partial charge in [-0.05, 0) is 13.3 Å². The van der Waals surface area contributed by atoms with Gasteiger partial charge in [-0.25, -0.2) is 4.98 Å². The summed E-state index contributed by atoms with van der Waals surface area (Å²) < 4.78 is 7.73. The topological polar surface area (TPSA) is 53.1 Å². The Morgan fingerprint density at radius 3 is 2.79 bits per heavy atom. The van der Waals surface area contributed by atoms with E-state index >= 15 is 0 Å². The zero-order chi connectivity index (χ0) is 13.5. The van der Waals surface area contributed by atoms with Gasteiger partial charge < -0.3 is 15.0 Å². The molecule has 0 aliphatic carbocycles. The maximum atomic E-state index is 5.70. The summed E-state index contributed by atoms with van der Waals surface area (Å²) in [6.45, 7) is 4.13. The van der Waals surface area contributed by atoms with Gasteiger partial charge in [0, 0.05) is 37.7 Å². The first-order valence-corrected chi connectivity index (χ1v) is 6.73. The molecule has 19 heavy (non-hydrogen) atoms. The molecule has 2 rings (SSSR count). The normalized spacial score (nSPS) is 12.5. The fraction of sp³-hybridized carbons (Fsp3) is 0.400. The zero-order valence-electron chi connectivity index (χ0n) is 11.3. The maximum absolute atomic E-state index is 5.70. The predicted molar refractivity (Wildman–Crippen MR) is 76.7 cm³/mol. The third kappa shape index (κ3) is 3.66. The van der Waals surface area contributed by atoms with Gasteiger partial charge in [0.1, 0.15) is 5.82 Å². The van der Waals surface area contributed by atoms with Gasteiger partial charge in [-0.15, -0.1) is 0 Å². The van der Waals surface area contributed by atoms with E-state index in [2.05, 4.69) is 21.7 Å². The second-order valence-corrected chi connectivity index (χ2v) is 4.41. The van der Waals surface area contributed by atoms with Crippen LogP contribution in [0.25, 0.3) is 11.4 Å². The Morgan fingerprint density at radius 1 is 1.32 bits per heavy atom. The summed E-state index contributed by atoms with van der Waals surface area (Å²) in [6.07, 6.45) is 4.86. The summed E-state index contributed by atoms with van der Waals surface area (Å²) in [7, 11) is 0. The minimum Gasteiger partial charge on any atom is -0.377 e. The van der Waals surface area contributed by atoms with Gasteiger partial charge in [-0.2, -0.15) is 0 Å².